The molecule has 34 heavy (non-hydrogen) atoms. The maximum Gasteiger partial charge on any atom is 0.317 e. The molecule has 2 aliphatic heterocycles. The van der Waals surface area contributed by atoms with Gasteiger partial charge in [-0.25, -0.2) is 4.98 Å². The van der Waals surface area contributed by atoms with Crippen molar-refractivity contribution in [3.05, 3.63) is 40.0 Å². The number of carboxylic acid groups (broad SMARTS) is 1. The van der Waals surface area contributed by atoms with Gasteiger partial charge >= 0.3 is 5.97 Å². The number of piperidine rings is 1. The number of rotatable bonds is 7. The van der Waals surface area contributed by atoms with Gasteiger partial charge in [0.25, 0.3) is 0 Å². The molecule has 0 spiro atoms. The molecule has 1 unspecified atom stereocenters. The normalized spacial score (nSPS) is 19.4. The minimum Gasteiger partial charge on any atom is -0.480 e. The third-order valence-electron chi connectivity index (χ3n) is 6.69. The summed E-state index contributed by atoms with van der Waals surface area (Å²) in [6.07, 6.45) is 4.09. The molecule has 0 radical (unpaired) electrons. The first-order valence-corrected chi connectivity index (χ1v) is 12.2. The van der Waals surface area contributed by atoms with Gasteiger partial charge in [-0.2, -0.15) is 10.1 Å². The van der Waals surface area contributed by atoms with Crippen molar-refractivity contribution in [3.63, 3.8) is 0 Å². The number of benzene rings is 1. The maximum atomic E-state index is 11.1. The van der Waals surface area contributed by atoms with Crippen molar-refractivity contribution in [2.75, 3.05) is 42.9 Å². The quantitative estimate of drug-likeness (QED) is 0.505. The number of hydrogen-bond donors (Lipinski definition) is 2. The topological polar surface area (TPSA) is 99.4 Å². The van der Waals surface area contributed by atoms with Crippen LogP contribution in [0.4, 0.5) is 11.8 Å². The number of hydrogen-bond acceptors (Lipinski definition) is 7. The van der Waals surface area contributed by atoms with Crippen molar-refractivity contribution < 1.29 is 9.90 Å². The molecule has 9 nitrogen and oxygen atoms in total. The average Bonchev–Trinajstić information content (AvgIpc) is 3.12. The Morgan fingerprint density at radius 2 is 2.03 bits per heavy atom. The van der Waals surface area contributed by atoms with Crippen LogP contribution in [0, 0.1) is 11.8 Å². The number of carbonyl (C=O) groups is 1. The number of aliphatic carboxylic acids is 1. The summed E-state index contributed by atoms with van der Waals surface area (Å²) in [7, 11) is 1.87. The van der Waals surface area contributed by atoms with Gasteiger partial charge in [-0.3, -0.25) is 14.4 Å². The van der Waals surface area contributed by atoms with Gasteiger partial charge in [-0.15, -0.1) is 0 Å². The maximum absolute atomic E-state index is 11.1. The molecule has 5 rings (SSSR count). The molecule has 0 amide bonds. The molecule has 0 bridgehead atoms. The van der Waals surface area contributed by atoms with Crippen LogP contribution >= 0.6 is 23.2 Å². The molecule has 3 aromatic rings. The second-order valence-corrected chi connectivity index (χ2v) is 10.0. The first kappa shape index (κ1) is 23.1. The van der Waals surface area contributed by atoms with Crippen molar-refractivity contribution in [1.29, 1.82) is 0 Å². The molecule has 2 fully saturated rings. The molecule has 2 aliphatic rings. The molecular weight excluding hydrogens is 477 g/mol. The van der Waals surface area contributed by atoms with Crippen LogP contribution in [-0.4, -0.2) is 68.4 Å². The fourth-order valence-electron chi connectivity index (χ4n) is 4.91. The monoisotopic (exact) mass is 503 g/mol. The summed E-state index contributed by atoms with van der Waals surface area (Å²) in [5, 5.41) is 18.2. The highest BCUT2D eigenvalue weighted by Gasteiger charge is 2.37. The number of likely N-dealkylation sites (tertiary alicyclic amines) is 1. The number of fused-ring (bicyclic) bond motifs is 1. The Morgan fingerprint density at radius 1 is 1.21 bits per heavy atom. The predicted molar refractivity (Wildman–Crippen MR) is 133 cm³/mol. The largest absolute Gasteiger partial charge is 0.480 e. The lowest BCUT2D eigenvalue weighted by Crippen LogP contribution is -2.54. The SMILES string of the molecule is Cn1cc2nc(N3CC(C4CCCN(CC(=O)O)C4)C3)nc(NCc3ccc(Cl)cc3Cl)c2n1. The van der Waals surface area contributed by atoms with Gasteiger partial charge in [0.2, 0.25) is 5.95 Å². The summed E-state index contributed by atoms with van der Waals surface area (Å²) in [4.78, 5) is 24.9. The number of halogens is 2. The van der Waals surface area contributed by atoms with Crippen molar-refractivity contribution in [1.82, 2.24) is 24.6 Å². The molecule has 2 saturated heterocycles. The molecule has 180 valence electrons. The summed E-state index contributed by atoms with van der Waals surface area (Å²) < 4.78 is 1.74. The van der Waals surface area contributed by atoms with Crippen molar-refractivity contribution in [2.24, 2.45) is 18.9 Å². The van der Waals surface area contributed by atoms with Crippen LogP contribution < -0.4 is 10.2 Å². The highest BCUT2D eigenvalue weighted by Crippen LogP contribution is 2.34. The van der Waals surface area contributed by atoms with Gasteiger partial charge in [-0.05, 0) is 48.9 Å². The Morgan fingerprint density at radius 3 is 2.79 bits per heavy atom. The number of nitrogens with one attached hydrogen (secondary N) is 1. The van der Waals surface area contributed by atoms with E-state index in [9.17, 15) is 4.79 Å². The highest BCUT2D eigenvalue weighted by molar-refractivity contribution is 6.35. The van der Waals surface area contributed by atoms with Crippen molar-refractivity contribution in [2.45, 2.75) is 19.4 Å². The summed E-state index contributed by atoms with van der Waals surface area (Å²) in [5.41, 5.74) is 2.42. The Balaban J connectivity index is 1.29. The van der Waals surface area contributed by atoms with Crippen LogP contribution in [0.25, 0.3) is 11.0 Å². The summed E-state index contributed by atoms with van der Waals surface area (Å²) >= 11 is 12.4. The Bertz CT molecular complexity index is 1210. The van der Waals surface area contributed by atoms with Crippen LogP contribution in [0.15, 0.2) is 24.4 Å². The lowest BCUT2D eigenvalue weighted by Gasteiger charge is -2.46. The molecule has 0 aliphatic carbocycles. The van der Waals surface area contributed by atoms with Crippen LogP contribution in [0.5, 0.6) is 0 Å². The molecule has 1 aromatic carbocycles. The molecular formula is C23H27Cl2N7O2. The Kier molecular flexibility index (Phi) is 6.50. The van der Waals surface area contributed by atoms with E-state index in [4.69, 9.17) is 38.3 Å². The van der Waals surface area contributed by atoms with E-state index < -0.39 is 5.97 Å². The van der Waals surface area contributed by atoms with Gasteiger partial charge in [0.1, 0.15) is 5.52 Å². The zero-order valence-electron chi connectivity index (χ0n) is 18.9. The van der Waals surface area contributed by atoms with Crippen molar-refractivity contribution >= 4 is 52.0 Å². The van der Waals surface area contributed by atoms with Gasteiger partial charge in [-0.1, -0.05) is 29.3 Å². The Labute approximate surface area is 207 Å². The third kappa shape index (κ3) is 4.92. The molecule has 4 heterocycles. The van der Waals surface area contributed by atoms with E-state index >= 15 is 0 Å². The van der Waals surface area contributed by atoms with E-state index in [2.05, 4.69) is 20.2 Å². The van der Waals surface area contributed by atoms with Gasteiger partial charge in [0.15, 0.2) is 11.3 Å². The molecule has 0 saturated carbocycles. The summed E-state index contributed by atoms with van der Waals surface area (Å²) in [5.74, 6) is 1.62. The van der Waals surface area contributed by atoms with Crippen LogP contribution in [-0.2, 0) is 18.4 Å². The van der Waals surface area contributed by atoms with Gasteiger partial charge in [0.05, 0.1) is 12.7 Å². The van der Waals surface area contributed by atoms with Gasteiger partial charge < -0.3 is 15.3 Å². The number of aryl methyl sites for hydroxylation is 1. The minimum absolute atomic E-state index is 0.125. The van der Waals surface area contributed by atoms with E-state index in [1.54, 1.807) is 10.7 Å². The van der Waals surface area contributed by atoms with Crippen LogP contribution in [0.3, 0.4) is 0 Å². The van der Waals surface area contributed by atoms with E-state index in [0.29, 0.717) is 45.7 Å². The smallest absolute Gasteiger partial charge is 0.317 e. The summed E-state index contributed by atoms with van der Waals surface area (Å²) in [6, 6.07) is 5.44. The fraction of sp³-hybridized carbons (Fsp3) is 0.478. The third-order valence-corrected chi connectivity index (χ3v) is 7.27. The zero-order valence-corrected chi connectivity index (χ0v) is 20.4. The zero-order chi connectivity index (χ0) is 23.8. The fourth-order valence-corrected chi connectivity index (χ4v) is 5.38. The highest BCUT2D eigenvalue weighted by atomic mass is 35.5. The van der Waals surface area contributed by atoms with Crippen LogP contribution in [0.2, 0.25) is 10.0 Å². The predicted octanol–water partition coefficient (Wildman–Crippen LogP) is 3.52. The van der Waals surface area contributed by atoms with E-state index in [1.807, 2.05) is 25.4 Å². The van der Waals surface area contributed by atoms with E-state index in [-0.39, 0.29) is 6.54 Å². The summed E-state index contributed by atoms with van der Waals surface area (Å²) in [6.45, 7) is 4.08. The first-order chi connectivity index (χ1) is 16.4. The van der Waals surface area contributed by atoms with Crippen molar-refractivity contribution in [3.8, 4) is 0 Å². The number of aromatic nitrogens is 4. The number of nitrogens with zero attached hydrogens (tertiary/aromatic N) is 6. The van der Waals surface area contributed by atoms with Crippen LogP contribution in [0.1, 0.15) is 18.4 Å². The van der Waals surface area contributed by atoms with E-state index in [1.165, 1.54) is 0 Å². The molecule has 11 heteroatoms. The molecule has 2 N–H and O–H groups in total. The lowest BCUT2D eigenvalue weighted by molar-refractivity contribution is -0.138. The second kappa shape index (κ2) is 9.56. The number of carboxylic acids is 1. The molecule has 1 atom stereocenters. The van der Waals surface area contributed by atoms with E-state index in [0.717, 1.165) is 50.1 Å². The Hall–Kier alpha value is -2.62. The first-order valence-electron chi connectivity index (χ1n) is 11.4. The second-order valence-electron chi connectivity index (χ2n) is 9.19. The average molecular weight is 504 g/mol. The standard InChI is InChI=1S/C23H27Cl2N7O2/c1-30-12-19-21(29-30)22(26-8-14-4-5-17(24)7-18(14)25)28-23(27-19)32-10-16(11-32)15-3-2-6-31(9-15)13-20(33)34/h4-5,7,12,15-16H,2-3,6,8-11,13H2,1H3,(H,33,34)(H,26,27,28). The van der Waals surface area contributed by atoms with Gasteiger partial charge in [0, 0.05) is 43.3 Å². The minimum atomic E-state index is -0.756. The number of anilines is 2. The lowest BCUT2D eigenvalue weighted by atomic mass is 9.81. The molecule has 2 aromatic heterocycles.